The van der Waals surface area contributed by atoms with Gasteiger partial charge in [-0.25, -0.2) is 4.79 Å². The predicted octanol–water partition coefficient (Wildman–Crippen LogP) is 4.97. The Balaban J connectivity index is 1.42. The standard InChI is InChI=1S/C21H22N4OS/c1-16-3-2-4-18(13-16)15-27-25-20-7-5-19(6-8-20)24-21(26)23-14-17-9-11-22-12-10-17/h2-13,25H,14-15H2,1H3,(H2,23,24,26). The molecule has 0 saturated carbocycles. The summed E-state index contributed by atoms with van der Waals surface area (Å²) in [6, 6.07) is 19.6. The number of nitrogens with one attached hydrogen (secondary N) is 3. The number of hydrogen-bond acceptors (Lipinski definition) is 4. The van der Waals surface area contributed by atoms with E-state index in [0.29, 0.717) is 6.54 Å². The molecule has 0 fully saturated rings. The average Bonchev–Trinajstić information content (AvgIpc) is 2.69. The molecule has 0 unspecified atom stereocenters. The van der Waals surface area contributed by atoms with Gasteiger partial charge in [-0.15, -0.1) is 0 Å². The summed E-state index contributed by atoms with van der Waals surface area (Å²) in [6.07, 6.45) is 3.41. The van der Waals surface area contributed by atoms with Crippen LogP contribution in [0.15, 0.2) is 73.1 Å². The first-order chi connectivity index (χ1) is 13.2. The summed E-state index contributed by atoms with van der Waals surface area (Å²) in [6.45, 7) is 2.56. The lowest BCUT2D eigenvalue weighted by atomic mass is 10.2. The number of anilines is 2. The molecule has 0 spiro atoms. The summed E-state index contributed by atoms with van der Waals surface area (Å²) < 4.78 is 3.32. The molecule has 1 aromatic heterocycles. The predicted molar refractivity (Wildman–Crippen MR) is 113 cm³/mol. The van der Waals surface area contributed by atoms with Crippen LogP contribution in [0.1, 0.15) is 16.7 Å². The molecule has 2 amide bonds. The van der Waals surface area contributed by atoms with Crippen LogP contribution in [0.4, 0.5) is 16.2 Å². The molecule has 5 nitrogen and oxygen atoms in total. The van der Waals surface area contributed by atoms with E-state index in [9.17, 15) is 4.79 Å². The van der Waals surface area contributed by atoms with Gasteiger partial charge < -0.3 is 15.4 Å². The molecule has 0 aliphatic carbocycles. The Morgan fingerprint density at radius 2 is 1.70 bits per heavy atom. The van der Waals surface area contributed by atoms with Crippen LogP contribution in [0.5, 0.6) is 0 Å². The number of nitrogens with zero attached hydrogens (tertiary/aromatic N) is 1. The molecular weight excluding hydrogens is 356 g/mol. The summed E-state index contributed by atoms with van der Waals surface area (Å²) in [4.78, 5) is 15.9. The zero-order chi connectivity index (χ0) is 18.9. The number of carbonyl (C=O) groups excluding carboxylic acids is 1. The third-order valence-electron chi connectivity index (χ3n) is 3.86. The summed E-state index contributed by atoms with van der Waals surface area (Å²) in [5, 5.41) is 5.65. The lowest BCUT2D eigenvalue weighted by Crippen LogP contribution is -2.28. The number of hydrogen-bond donors (Lipinski definition) is 3. The van der Waals surface area contributed by atoms with Gasteiger partial charge >= 0.3 is 6.03 Å². The summed E-state index contributed by atoms with van der Waals surface area (Å²) in [5.74, 6) is 0.888. The van der Waals surface area contributed by atoms with Crippen molar-refractivity contribution < 1.29 is 4.79 Å². The first kappa shape index (κ1) is 18.8. The van der Waals surface area contributed by atoms with Gasteiger partial charge in [-0.05, 0) is 66.4 Å². The Kier molecular flexibility index (Phi) is 6.71. The van der Waals surface area contributed by atoms with Gasteiger partial charge in [0.25, 0.3) is 0 Å². The van der Waals surface area contributed by atoms with Crippen molar-refractivity contribution in [2.24, 2.45) is 0 Å². The zero-order valence-corrected chi connectivity index (χ0v) is 15.9. The number of aromatic nitrogens is 1. The molecule has 0 bridgehead atoms. The van der Waals surface area contributed by atoms with Crippen molar-refractivity contribution in [2.45, 2.75) is 19.2 Å². The molecule has 27 heavy (non-hydrogen) atoms. The highest BCUT2D eigenvalue weighted by molar-refractivity contribution is 7.99. The second kappa shape index (κ2) is 9.64. The molecule has 3 rings (SSSR count). The van der Waals surface area contributed by atoms with E-state index in [1.165, 1.54) is 11.1 Å². The number of aryl methyl sites for hydroxylation is 1. The molecular formula is C21H22N4OS. The highest BCUT2D eigenvalue weighted by Crippen LogP contribution is 2.19. The maximum Gasteiger partial charge on any atom is 0.319 e. The minimum atomic E-state index is -0.235. The van der Waals surface area contributed by atoms with E-state index in [4.69, 9.17) is 0 Å². The molecule has 3 N–H and O–H groups in total. The number of amides is 2. The van der Waals surface area contributed by atoms with Crippen molar-refractivity contribution >= 4 is 29.4 Å². The smallest absolute Gasteiger partial charge is 0.319 e. The molecule has 0 saturated heterocycles. The number of pyridine rings is 1. The van der Waals surface area contributed by atoms with Crippen molar-refractivity contribution in [3.05, 3.63) is 89.7 Å². The Morgan fingerprint density at radius 3 is 2.44 bits per heavy atom. The Bertz CT molecular complexity index is 869. The van der Waals surface area contributed by atoms with Crippen LogP contribution >= 0.6 is 11.9 Å². The Labute approximate surface area is 163 Å². The maximum absolute atomic E-state index is 12.0. The van der Waals surface area contributed by atoms with Gasteiger partial charge in [-0.2, -0.15) is 0 Å². The van der Waals surface area contributed by atoms with E-state index in [1.807, 2.05) is 36.4 Å². The van der Waals surface area contributed by atoms with Gasteiger partial charge in [0.05, 0.1) is 0 Å². The molecule has 1 heterocycles. The summed E-state index contributed by atoms with van der Waals surface area (Å²) in [5.41, 5.74) is 5.31. The van der Waals surface area contributed by atoms with Crippen molar-refractivity contribution in [1.29, 1.82) is 0 Å². The number of carbonyl (C=O) groups is 1. The van der Waals surface area contributed by atoms with E-state index < -0.39 is 0 Å². The topological polar surface area (TPSA) is 66.0 Å². The second-order valence-electron chi connectivity index (χ2n) is 6.12. The molecule has 0 aliphatic heterocycles. The molecule has 6 heteroatoms. The first-order valence-corrected chi connectivity index (χ1v) is 9.65. The van der Waals surface area contributed by atoms with E-state index >= 15 is 0 Å². The van der Waals surface area contributed by atoms with Crippen LogP contribution in [-0.2, 0) is 12.3 Å². The second-order valence-corrected chi connectivity index (χ2v) is 6.90. The highest BCUT2D eigenvalue weighted by atomic mass is 32.2. The van der Waals surface area contributed by atoms with Gasteiger partial charge in [0.2, 0.25) is 0 Å². The fourth-order valence-corrected chi connectivity index (χ4v) is 3.21. The van der Waals surface area contributed by atoms with Gasteiger partial charge in [-0.1, -0.05) is 29.8 Å². The maximum atomic E-state index is 12.0. The van der Waals surface area contributed by atoms with E-state index in [0.717, 1.165) is 22.7 Å². The lowest BCUT2D eigenvalue weighted by Gasteiger charge is -2.09. The average molecular weight is 379 g/mol. The summed E-state index contributed by atoms with van der Waals surface area (Å²) >= 11 is 1.64. The Morgan fingerprint density at radius 1 is 0.963 bits per heavy atom. The van der Waals surface area contributed by atoms with Crippen molar-refractivity contribution in [1.82, 2.24) is 10.3 Å². The minimum absolute atomic E-state index is 0.235. The quantitative estimate of drug-likeness (QED) is 0.508. The number of urea groups is 1. The molecule has 138 valence electrons. The van der Waals surface area contributed by atoms with E-state index in [1.54, 1.807) is 24.3 Å². The van der Waals surface area contributed by atoms with Crippen LogP contribution < -0.4 is 15.4 Å². The van der Waals surface area contributed by atoms with Crippen LogP contribution in [0.3, 0.4) is 0 Å². The Hall–Kier alpha value is -2.99. The van der Waals surface area contributed by atoms with E-state index in [2.05, 4.69) is 51.5 Å². The third kappa shape index (κ3) is 6.34. The number of rotatable bonds is 7. The fourth-order valence-electron chi connectivity index (χ4n) is 2.48. The minimum Gasteiger partial charge on any atom is -0.334 e. The van der Waals surface area contributed by atoms with Crippen molar-refractivity contribution in [2.75, 3.05) is 10.0 Å². The lowest BCUT2D eigenvalue weighted by molar-refractivity contribution is 0.251. The SMILES string of the molecule is Cc1cccc(CSNc2ccc(NC(=O)NCc3ccncc3)cc2)c1. The molecule has 0 radical (unpaired) electrons. The summed E-state index contributed by atoms with van der Waals surface area (Å²) in [7, 11) is 0. The van der Waals surface area contributed by atoms with Crippen molar-refractivity contribution in [3.8, 4) is 0 Å². The largest absolute Gasteiger partial charge is 0.334 e. The highest BCUT2D eigenvalue weighted by Gasteiger charge is 2.02. The van der Waals surface area contributed by atoms with Crippen LogP contribution in [0.25, 0.3) is 0 Å². The molecule has 2 aromatic carbocycles. The normalized spacial score (nSPS) is 10.3. The molecule has 0 atom stereocenters. The number of benzene rings is 2. The molecule has 3 aromatic rings. The monoisotopic (exact) mass is 378 g/mol. The zero-order valence-electron chi connectivity index (χ0n) is 15.1. The first-order valence-electron chi connectivity index (χ1n) is 8.66. The van der Waals surface area contributed by atoms with Crippen LogP contribution in [0, 0.1) is 6.92 Å². The van der Waals surface area contributed by atoms with Gasteiger partial charge in [-0.3, -0.25) is 4.98 Å². The third-order valence-corrected chi connectivity index (χ3v) is 4.71. The fraction of sp³-hybridized carbons (Fsp3) is 0.143. The van der Waals surface area contributed by atoms with Gasteiger partial charge in [0.1, 0.15) is 0 Å². The van der Waals surface area contributed by atoms with Gasteiger partial charge in [0.15, 0.2) is 0 Å². The van der Waals surface area contributed by atoms with Gasteiger partial charge in [0, 0.05) is 36.1 Å². The molecule has 0 aliphatic rings. The van der Waals surface area contributed by atoms with Crippen LogP contribution in [0.2, 0.25) is 0 Å². The van der Waals surface area contributed by atoms with Crippen LogP contribution in [-0.4, -0.2) is 11.0 Å². The van der Waals surface area contributed by atoms with E-state index in [-0.39, 0.29) is 6.03 Å². The van der Waals surface area contributed by atoms with Crippen molar-refractivity contribution in [3.63, 3.8) is 0 Å².